The molecule has 0 heterocycles. The normalized spacial score (nSPS) is 33.3. The lowest BCUT2D eigenvalue weighted by Crippen LogP contribution is -2.64. The zero-order valence-electron chi connectivity index (χ0n) is 27.1. The van der Waals surface area contributed by atoms with Crippen molar-refractivity contribution in [2.45, 2.75) is 63.8 Å². The van der Waals surface area contributed by atoms with E-state index in [1.807, 2.05) is 32.0 Å². The quantitative estimate of drug-likeness (QED) is 0.287. The number of methoxy groups -OCH3 is 1. The molecule has 0 aliphatic heterocycles. The summed E-state index contributed by atoms with van der Waals surface area (Å²) in [5, 5.41) is 34.6. The summed E-state index contributed by atoms with van der Waals surface area (Å²) in [5.74, 6) is -5.81. The molecule has 2 aromatic rings. The van der Waals surface area contributed by atoms with Crippen LogP contribution in [0.4, 0.5) is 0 Å². The zero-order chi connectivity index (χ0) is 34.1. The number of Topliss-reactive ketones (excluding diaryl/α,β-unsaturated/α-hetero) is 2. The van der Waals surface area contributed by atoms with Gasteiger partial charge in [-0.05, 0) is 41.3 Å². The number of esters is 2. The number of carbonyl (C=O) groups excluding carboxylic acids is 4. The van der Waals surface area contributed by atoms with Gasteiger partial charge in [-0.1, -0.05) is 69.3 Å². The zero-order valence-corrected chi connectivity index (χ0v) is 27.1. The predicted molar refractivity (Wildman–Crippen MR) is 168 cm³/mol. The Labute approximate surface area is 273 Å². The van der Waals surface area contributed by atoms with Crippen LogP contribution in [0.3, 0.4) is 0 Å². The highest BCUT2D eigenvalue weighted by molar-refractivity contribution is 6.05. The van der Waals surface area contributed by atoms with Gasteiger partial charge in [0.2, 0.25) is 0 Å². The topological polar surface area (TPSA) is 157 Å². The molecule has 4 aliphatic rings. The smallest absolute Gasteiger partial charge is 0.311 e. The van der Waals surface area contributed by atoms with Crippen LogP contribution in [-0.4, -0.2) is 69.3 Å². The molecule has 6 rings (SSSR count). The Morgan fingerprint density at radius 1 is 0.957 bits per heavy atom. The minimum atomic E-state index is -2.08. The molecule has 10 heteroatoms. The fourth-order valence-corrected chi connectivity index (χ4v) is 8.59. The van der Waals surface area contributed by atoms with Crippen LogP contribution in [-0.2, 0) is 41.5 Å². The van der Waals surface area contributed by atoms with Gasteiger partial charge in [-0.15, -0.1) is 0 Å². The lowest BCUT2D eigenvalue weighted by molar-refractivity contribution is -0.190. The van der Waals surface area contributed by atoms with E-state index in [0.29, 0.717) is 11.1 Å². The second-order valence-corrected chi connectivity index (χ2v) is 14.0. The van der Waals surface area contributed by atoms with Crippen molar-refractivity contribution < 1.29 is 48.7 Å². The summed E-state index contributed by atoms with van der Waals surface area (Å²) >= 11 is 0. The molecular formula is C37H40O10. The van der Waals surface area contributed by atoms with Crippen molar-refractivity contribution in [3.63, 3.8) is 0 Å². The van der Waals surface area contributed by atoms with E-state index in [2.05, 4.69) is 0 Å². The Hall–Kier alpha value is -4.28. The number of ketones is 2. The Bertz CT molecular complexity index is 1720. The number of phenols is 1. The van der Waals surface area contributed by atoms with Gasteiger partial charge < -0.3 is 29.5 Å². The summed E-state index contributed by atoms with van der Waals surface area (Å²) in [4.78, 5) is 54.0. The number of carbonyl (C=O) groups is 4. The molecule has 10 nitrogen and oxygen atoms in total. The van der Waals surface area contributed by atoms with Crippen LogP contribution in [0.1, 0.15) is 45.2 Å². The minimum absolute atomic E-state index is 0.0370. The fraction of sp³-hybridized carbons (Fsp3) is 0.459. The molecule has 4 aliphatic carbocycles. The van der Waals surface area contributed by atoms with Gasteiger partial charge in [0.05, 0.1) is 25.6 Å². The highest BCUT2D eigenvalue weighted by Crippen LogP contribution is 2.75. The van der Waals surface area contributed by atoms with E-state index in [9.17, 15) is 34.5 Å². The highest BCUT2D eigenvalue weighted by atomic mass is 16.6. The molecular weight excluding hydrogens is 604 g/mol. The third-order valence-electron chi connectivity index (χ3n) is 11.0. The summed E-state index contributed by atoms with van der Waals surface area (Å²) in [6, 6.07) is 13.6. The van der Waals surface area contributed by atoms with Crippen molar-refractivity contribution in [2.24, 2.45) is 29.1 Å². The van der Waals surface area contributed by atoms with Crippen LogP contribution in [0, 0.1) is 29.1 Å². The predicted octanol–water partition coefficient (Wildman–Crippen LogP) is 3.44. The number of hydrogen-bond donors (Lipinski definition) is 3. The van der Waals surface area contributed by atoms with E-state index >= 15 is 0 Å². The molecule has 0 amide bonds. The van der Waals surface area contributed by atoms with Crippen LogP contribution in [0.15, 0.2) is 71.8 Å². The molecule has 3 N–H and O–H groups in total. The van der Waals surface area contributed by atoms with E-state index in [1.54, 1.807) is 44.2 Å². The van der Waals surface area contributed by atoms with Gasteiger partial charge in [0.15, 0.2) is 28.7 Å². The van der Waals surface area contributed by atoms with Crippen molar-refractivity contribution in [1.82, 2.24) is 0 Å². The summed E-state index contributed by atoms with van der Waals surface area (Å²) in [6.07, 6.45) is 2.87. The largest absolute Gasteiger partial charge is 0.504 e. The van der Waals surface area contributed by atoms with E-state index in [4.69, 9.17) is 14.2 Å². The third-order valence-corrected chi connectivity index (χ3v) is 11.0. The van der Waals surface area contributed by atoms with Crippen molar-refractivity contribution in [1.29, 1.82) is 0 Å². The second-order valence-electron chi connectivity index (χ2n) is 14.0. The van der Waals surface area contributed by atoms with Crippen molar-refractivity contribution >= 4 is 23.5 Å². The monoisotopic (exact) mass is 644 g/mol. The molecule has 2 aromatic carbocycles. The maximum atomic E-state index is 14.3. The number of hydrogen-bond acceptors (Lipinski definition) is 10. The maximum absolute atomic E-state index is 14.3. The molecule has 0 saturated heterocycles. The lowest BCUT2D eigenvalue weighted by atomic mass is 9.59. The average Bonchev–Trinajstić information content (AvgIpc) is 3.46. The molecule has 47 heavy (non-hydrogen) atoms. The first-order valence-corrected chi connectivity index (χ1v) is 15.8. The lowest BCUT2D eigenvalue weighted by Gasteiger charge is -2.49. The van der Waals surface area contributed by atoms with Crippen LogP contribution in [0.2, 0.25) is 0 Å². The van der Waals surface area contributed by atoms with E-state index in [0.717, 1.165) is 5.56 Å². The van der Waals surface area contributed by atoms with Gasteiger partial charge in [0.25, 0.3) is 0 Å². The summed E-state index contributed by atoms with van der Waals surface area (Å²) < 4.78 is 16.9. The van der Waals surface area contributed by atoms with Crippen molar-refractivity contribution in [3.8, 4) is 11.5 Å². The first-order chi connectivity index (χ1) is 22.1. The number of phenolic OH excluding ortho intramolecular Hbond substituents is 1. The van der Waals surface area contributed by atoms with Crippen molar-refractivity contribution in [3.05, 3.63) is 83.0 Å². The molecule has 2 fully saturated rings. The van der Waals surface area contributed by atoms with Gasteiger partial charge in [-0.3, -0.25) is 19.2 Å². The molecule has 0 radical (unpaired) electrons. The molecule has 7 atom stereocenters. The fourth-order valence-electron chi connectivity index (χ4n) is 8.59. The number of fused-ring (bicyclic) bond motifs is 5. The molecule has 248 valence electrons. The Morgan fingerprint density at radius 2 is 1.64 bits per heavy atom. The van der Waals surface area contributed by atoms with Crippen molar-refractivity contribution in [2.75, 3.05) is 13.7 Å². The summed E-state index contributed by atoms with van der Waals surface area (Å²) in [6.45, 7) is 6.49. The van der Waals surface area contributed by atoms with Gasteiger partial charge in [-0.25, -0.2) is 0 Å². The standard InChI is InChI=1S/C37H40O10/c1-20-13-28-35(43,32(20)41)18-24(19-46-29(39)17-23-11-12-26(38)27(15-23)45-5)14-25-31-34(3,4)37(31,33(42)21(2)36(25,28)44)47-30(40)16-22-9-7-6-8-10-22/h6-15,21,25,28,31,38,43-44H,16-19H2,1-5H3/t21-,25+,28-,31-,35-,36-,37-/m1/s1. The Balaban J connectivity index is 1.33. The molecule has 0 aromatic heterocycles. The number of aliphatic hydroxyl groups is 2. The van der Waals surface area contributed by atoms with E-state index in [1.165, 1.54) is 19.2 Å². The van der Waals surface area contributed by atoms with Crippen LogP contribution < -0.4 is 4.74 Å². The minimum Gasteiger partial charge on any atom is -0.504 e. The molecule has 0 bridgehead atoms. The Morgan fingerprint density at radius 3 is 2.32 bits per heavy atom. The van der Waals surface area contributed by atoms with E-state index < -0.39 is 69.4 Å². The summed E-state index contributed by atoms with van der Waals surface area (Å²) in [7, 11) is 1.40. The molecule has 0 unspecified atom stereocenters. The third kappa shape index (κ3) is 4.83. The van der Waals surface area contributed by atoms with Gasteiger partial charge in [0.1, 0.15) is 12.2 Å². The highest BCUT2D eigenvalue weighted by Gasteiger charge is 2.87. The number of ether oxygens (including phenoxy) is 3. The molecule has 0 spiro atoms. The Kier molecular flexibility index (Phi) is 7.76. The first kappa shape index (κ1) is 32.7. The van der Waals surface area contributed by atoms with Gasteiger partial charge in [0, 0.05) is 35.5 Å². The van der Waals surface area contributed by atoms with Gasteiger partial charge >= 0.3 is 11.9 Å². The number of benzene rings is 2. The second kappa shape index (κ2) is 11.2. The number of rotatable bonds is 8. The van der Waals surface area contributed by atoms with E-state index in [-0.39, 0.29) is 42.9 Å². The van der Waals surface area contributed by atoms with Gasteiger partial charge in [-0.2, -0.15) is 0 Å². The maximum Gasteiger partial charge on any atom is 0.311 e. The molecule has 2 saturated carbocycles. The SMILES string of the molecule is COc1cc(CC(=O)OCC2=C[C@H]3[C@@H]4C(C)(C)[C@]4(OC(=O)Cc4ccccc4)C(=O)[C@@H](C)[C@]3(O)[C@@H]3C=C(C)C(=O)[C@@]3(O)C2)ccc1O. The van der Waals surface area contributed by atoms with Crippen LogP contribution >= 0.6 is 0 Å². The summed E-state index contributed by atoms with van der Waals surface area (Å²) in [5.41, 5.74) is -4.45. The van der Waals surface area contributed by atoms with Crippen LogP contribution in [0.5, 0.6) is 11.5 Å². The first-order valence-electron chi connectivity index (χ1n) is 15.8. The average molecular weight is 645 g/mol. The number of aromatic hydroxyl groups is 1. The van der Waals surface area contributed by atoms with Crippen LogP contribution in [0.25, 0.3) is 0 Å².